The highest BCUT2D eigenvalue weighted by Gasteiger charge is 2.41. The molecule has 0 aromatic heterocycles. The highest BCUT2D eigenvalue weighted by Crippen LogP contribution is 2.33. The van der Waals surface area contributed by atoms with Crippen LogP contribution < -0.4 is 10.1 Å². The van der Waals surface area contributed by atoms with Crippen LogP contribution in [0.3, 0.4) is 0 Å². The number of morpholine rings is 1. The summed E-state index contributed by atoms with van der Waals surface area (Å²) in [6.45, 7) is 5.02. The largest absolute Gasteiger partial charge is 0.497 e. The standard InChI is InChI=1S/C16H21Cl3N2O3/c1-10-8-21(9-11(2)24-10)15(16(17,18)19)20-14(22)12-4-6-13(23-3)7-5-12/h4-7,10-11,15H,8-9H2,1-3H3,(H,20,22)/t10-,11+,15-/m1/s1. The maximum Gasteiger partial charge on any atom is 0.252 e. The number of hydrogen-bond acceptors (Lipinski definition) is 4. The highest BCUT2D eigenvalue weighted by atomic mass is 35.6. The first kappa shape index (κ1) is 19.6. The second-order valence-electron chi connectivity index (χ2n) is 5.86. The lowest BCUT2D eigenvalue weighted by Crippen LogP contribution is -2.60. The number of nitrogens with one attached hydrogen (secondary N) is 1. The van der Waals surface area contributed by atoms with Gasteiger partial charge in [-0.25, -0.2) is 0 Å². The van der Waals surface area contributed by atoms with Gasteiger partial charge in [-0.2, -0.15) is 0 Å². The van der Waals surface area contributed by atoms with Crippen LogP contribution in [0.2, 0.25) is 0 Å². The number of rotatable bonds is 4. The van der Waals surface area contributed by atoms with E-state index in [1.807, 2.05) is 18.7 Å². The first-order chi connectivity index (χ1) is 11.2. The fraction of sp³-hybridized carbons (Fsp3) is 0.562. The monoisotopic (exact) mass is 394 g/mol. The van der Waals surface area contributed by atoms with Crippen molar-refractivity contribution in [2.24, 2.45) is 0 Å². The molecule has 1 aromatic rings. The molecule has 5 nitrogen and oxygen atoms in total. The van der Waals surface area contributed by atoms with Crippen LogP contribution in [0.15, 0.2) is 24.3 Å². The second-order valence-corrected chi connectivity index (χ2v) is 8.23. The molecule has 0 radical (unpaired) electrons. The van der Waals surface area contributed by atoms with Gasteiger partial charge in [-0.15, -0.1) is 0 Å². The summed E-state index contributed by atoms with van der Waals surface area (Å²) in [6, 6.07) is 6.73. The maximum absolute atomic E-state index is 12.5. The zero-order valence-electron chi connectivity index (χ0n) is 13.8. The maximum atomic E-state index is 12.5. The molecule has 1 aromatic carbocycles. The molecular formula is C16H21Cl3N2O3. The van der Waals surface area contributed by atoms with Crippen LogP contribution in [0.4, 0.5) is 0 Å². The molecule has 1 N–H and O–H groups in total. The zero-order chi connectivity index (χ0) is 17.9. The number of carbonyl (C=O) groups excluding carboxylic acids is 1. The van der Waals surface area contributed by atoms with E-state index in [9.17, 15) is 4.79 Å². The van der Waals surface area contributed by atoms with Crippen molar-refractivity contribution in [1.82, 2.24) is 10.2 Å². The molecule has 0 spiro atoms. The Bertz CT molecular complexity index is 553. The Balaban J connectivity index is 2.14. The normalized spacial score (nSPS) is 23.6. The van der Waals surface area contributed by atoms with Gasteiger partial charge >= 0.3 is 0 Å². The summed E-state index contributed by atoms with van der Waals surface area (Å²) in [5.74, 6) is 0.348. The van der Waals surface area contributed by atoms with Gasteiger partial charge in [0.2, 0.25) is 3.79 Å². The van der Waals surface area contributed by atoms with Gasteiger partial charge in [0.25, 0.3) is 5.91 Å². The van der Waals surface area contributed by atoms with Crippen molar-refractivity contribution in [2.45, 2.75) is 36.0 Å². The third-order valence-corrected chi connectivity index (χ3v) is 4.36. The number of amides is 1. The molecule has 1 amide bonds. The fourth-order valence-electron chi connectivity index (χ4n) is 2.76. The number of halogens is 3. The van der Waals surface area contributed by atoms with E-state index in [4.69, 9.17) is 44.3 Å². The number of hydrogen-bond donors (Lipinski definition) is 1. The Labute approximate surface area is 157 Å². The molecule has 3 atom stereocenters. The smallest absolute Gasteiger partial charge is 0.252 e. The molecule has 1 heterocycles. The summed E-state index contributed by atoms with van der Waals surface area (Å²) in [6.07, 6.45) is -0.783. The quantitative estimate of drug-likeness (QED) is 0.795. The number of alkyl halides is 3. The van der Waals surface area contributed by atoms with E-state index in [1.165, 1.54) is 0 Å². The van der Waals surface area contributed by atoms with E-state index in [0.717, 1.165) is 0 Å². The third-order valence-electron chi connectivity index (χ3n) is 3.74. The molecule has 1 aliphatic heterocycles. The minimum absolute atomic E-state index is 0.0125. The van der Waals surface area contributed by atoms with Crippen LogP contribution in [0.5, 0.6) is 5.75 Å². The first-order valence-corrected chi connectivity index (χ1v) is 8.75. The number of ether oxygens (including phenoxy) is 2. The summed E-state index contributed by atoms with van der Waals surface area (Å²) in [7, 11) is 1.56. The summed E-state index contributed by atoms with van der Waals surface area (Å²) in [4.78, 5) is 14.4. The molecule has 0 saturated carbocycles. The van der Waals surface area contributed by atoms with Gasteiger partial charge in [-0.05, 0) is 38.1 Å². The van der Waals surface area contributed by atoms with Crippen LogP contribution in [0.25, 0.3) is 0 Å². The predicted octanol–water partition coefficient (Wildman–Crippen LogP) is 3.23. The van der Waals surface area contributed by atoms with Crippen molar-refractivity contribution in [3.05, 3.63) is 29.8 Å². The van der Waals surface area contributed by atoms with Gasteiger partial charge < -0.3 is 14.8 Å². The molecule has 1 saturated heterocycles. The number of benzene rings is 1. The van der Waals surface area contributed by atoms with E-state index in [0.29, 0.717) is 24.4 Å². The molecular weight excluding hydrogens is 375 g/mol. The van der Waals surface area contributed by atoms with Gasteiger partial charge in [0.1, 0.15) is 11.9 Å². The Morgan fingerprint density at radius 1 is 1.25 bits per heavy atom. The molecule has 0 bridgehead atoms. The van der Waals surface area contributed by atoms with Crippen LogP contribution >= 0.6 is 34.8 Å². The molecule has 8 heteroatoms. The molecule has 1 fully saturated rings. The zero-order valence-corrected chi connectivity index (χ0v) is 16.0. The average Bonchev–Trinajstić information content (AvgIpc) is 2.50. The Morgan fingerprint density at radius 2 is 1.79 bits per heavy atom. The van der Waals surface area contributed by atoms with Crippen molar-refractivity contribution in [2.75, 3.05) is 20.2 Å². The highest BCUT2D eigenvalue weighted by molar-refractivity contribution is 6.68. The van der Waals surface area contributed by atoms with Crippen molar-refractivity contribution in [3.63, 3.8) is 0 Å². The second kappa shape index (κ2) is 8.11. The van der Waals surface area contributed by atoms with Gasteiger partial charge in [-0.3, -0.25) is 9.69 Å². The molecule has 0 unspecified atom stereocenters. The van der Waals surface area contributed by atoms with Crippen molar-refractivity contribution in [1.29, 1.82) is 0 Å². The predicted molar refractivity (Wildman–Crippen MR) is 96.1 cm³/mol. The fourth-order valence-corrected chi connectivity index (χ4v) is 3.34. The van der Waals surface area contributed by atoms with E-state index < -0.39 is 9.96 Å². The van der Waals surface area contributed by atoms with Crippen molar-refractivity contribution in [3.8, 4) is 5.75 Å². The topological polar surface area (TPSA) is 50.8 Å². The molecule has 1 aliphatic rings. The van der Waals surface area contributed by atoms with E-state index in [2.05, 4.69) is 5.32 Å². The van der Waals surface area contributed by atoms with E-state index >= 15 is 0 Å². The van der Waals surface area contributed by atoms with Crippen molar-refractivity contribution < 1.29 is 14.3 Å². The average molecular weight is 396 g/mol. The Kier molecular flexibility index (Phi) is 6.62. The Hall–Kier alpha value is -0.720. The summed E-state index contributed by atoms with van der Waals surface area (Å²) < 4.78 is 9.11. The van der Waals surface area contributed by atoms with Gasteiger partial charge in [-0.1, -0.05) is 34.8 Å². The Morgan fingerprint density at radius 3 is 2.25 bits per heavy atom. The lowest BCUT2D eigenvalue weighted by Gasteiger charge is -2.42. The van der Waals surface area contributed by atoms with Crippen LogP contribution in [0, 0.1) is 0 Å². The lowest BCUT2D eigenvalue weighted by molar-refractivity contribution is -0.0826. The van der Waals surface area contributed by atoms with Gasteiger partial charge in [0, 0.05) is 18.7 Å². The first-order valence-electron chi connectivity index (χ1n) is 7.62. The van der Waals surface area contributed by atoms with Crippen LogP contribution in [0.1, 0.15) is 24.2 Å². The van der Waals surface area contributed by atoms with E-state index in [1.54, 1.807) is 31.4 Å². The molecule has 134 valence electrons. The summed E-state index contributed by atoms with van der Waals surface area (Å²) in [5.41, 5.74) is 0.462. The molecule has 2 rings (SSSR count). The molecule has 0 aliphatic carbocycles. The number of methoxy groups -OCH3 is 1. The van der Waals surface area contributed by atoms with Gasteiger partial charge in [0.05, 0.1) is 19.3 Å². The van der Waals surface area contributed by atoms with E-state index in [-0.39, 0.29) is 18.1 Å². The minimum atomic E-state index is -1.67. The lowest BCUT2D eigenvalue weighted by atomic mass is 10.2. The minimum Gasteiger partial charge on any atom is -0.497 e. The summed E-state index contributed by atoms with van der Waals surface area (Å²) in [5, 5.41) is 2.82. The van der Waals surface area contributed by atoms with Crippen LogP contribution in [-0.4, -0.2) is 53.2 Å². The van der Waals surface area contributed by atoms with Crippen molar-refractivity contribution >= 4 is 40.7 Å². The third kappa shape index (κ3) is 5.14. The number of nitrogens with zero attached hydrogens (tertiary/aromatic N) is 1. The van der Waals surface area contributed by atoms with Crippen LogP contribution in [-0.2, 0) is 4.74 Å². The SMILES string of the molecule is COc1ccc(C(=O)N[C@H](N2C[C@@H](C)O[C@@H](C)C2)C(Cl)(Cl)Cl)cc1. The van der Waals surface area contributed by atoms with Gasteiger partial charge in [0.15, 0.2) is 0 Å². The number of carbonyl (C=O) groups is 1. The molecule has 24 heavy (non-hydrogen) atoms. The summed E-state index contributed by atoms with van der Waals surface area (Å²) >= 11 is 18.4.